The van der Waals surface area contributed by atoms with Crippen molar-refractivity contribution >= 4 is 73.7 Å². The van der Waals surface area contributed by atoms with Gasteiger partial charge in [0.1, 0.15) is 18.1 Å². The highest BCUT2D eigenvalue weighted by Crippen LogP contribution is 2.33. The fourth-order valence-electron chi connectivity index (χ4n) is 3.09. The van der Waals surface area contributed by atoms with E-state index in [1.54, 1.807) is 37.5 Å². The van der Waals surface area contributed by atoms with E-state index < -0.39 is 11.8 Å². The molecule has 6 nitrogen and oxygen atoms in total. The second-order valence-corrected chi connectivity index (χ2v) is 10.3. The summed E-state index contributed by atoms with van der Waals surface area (Å²) in [6.45, 7) is 0.391. The smallest absolute Gasteiger partial charge is 0.285 e. The quantitative estimate of drug-likeness (QED) is 0.260. The lowest BCUT2D eigenvalue weighted by Crippen LogP contribution is -2.44. The zero-order valence-corrected chi connectivity index (χ0v) is 22.3. The number of amides is 2. The van der Waals surface area contributed by atoms with Crippen LogP contribution in [0.1, 0.15) is 21.5 Å². The number of carbonyl (C=O) groups is 2. The Hall–Kier alpha value is -2.85. The Balaban J connectivity index is 1.42. The number of hydrogen-bond acceptors (Lipinski definition) is 6. The van der Waals surface area contributed by atoms with Crippen LogP contribution < -0.4 is 14.9 Å². The van der Waals surface area contributed by atoms with Crippen molar-refractivity contribution in [2.75, 3.05) is 7.11 Å². The molecule has 35 heavy (non-hydrogen) atoms. The minimum atomic E-state index is -0.449. The third kappa shape index (κ3) is 6.24. The van der Waals surface area contributed by atoms with Gasteiger partial charge in [-0.1, -0.05) is 41.6 Å². The first kappa shape index (κ1) is 25.2. The van der Waals surface area contributed by atoms with Gasteiger partial charge in [0.25, 0.3) is 11.8 Å². The first-order valence-electron chi connectivity index (χ1n) is 10.2. The van der Waals surface area contributed by atoms with E-state index in [1.807, 2.05) is 42.5 Å². The highest BCUT2D eigenvalue weighted by Gasteiger charge is 2.33. The van der Waals surface area contributed by atoms with Gasteiger partial charge in [-0.15, -0.1) is 0 Å². The van der Waals surface area contributed by atoms with Crippen molar-refractivity contribution in [1.82, 2.24) is 10.4 Å². The first-order valence-corrected chi connectivity index (χ1v) is 12.6. The molecule has 0 atom stereocenters. The lowest BCUT2D eigenvalue weighted by molar-refractivity contribution is -0.123. The van der Waals surface area contributed by atoms with Gasteiger partial charge in [-0.3, -0.25) is 15.0 Å². The molecule has 1 N–H and O–H groups in total. The summed E-state index contributed by atoms with van der Waals surface area (Å²) in [5.74, 6) is 0.440. The van der Waals surface area contributed by atoms with E-state index in [4.69, 9.17) is 33.3 Å². The molecule has 0 saturated carbocycles. The van der Waals surface area contributed by atoms with Crippen LogP contribution in [-0.4, -0.2) is 28.3 Å². The van der Waals surface area contributed by atoms with Gasteiger partial charge >= 0.3 is 0 Å². The molecule has 10 heteroatoms. The molecule has 1 fully saturated rings. The molecule has 0 spiro atoms. The van der Waals surface area contributed by atoms with Gasteiger partial charge in [0.2, 0.25) is 0 Å². The number of hydrazine groups is 1. The number of benzene rings is 3. The van der Waals surface area contributed by atoms with Crippen LogP contribution in [-0.2, 0) is 11.4 Å². The molecule has 2 amide bonds. The van der Waals surface area contributed by atoms with Crippen molar-refractivity contribution < 1.29 is 19.1 Å². The Kier molecular flexibility index (Phi) is 8.12. The summed E-state index contributed by atoms with van der Waals surface area (Å²) < 4.78 is 12.0. The number of thioether (sulfide) groups is 1. The van der Waals surface area contributed by atoms with E-state index in [2.05, 4.69) is 21.4 Å². The van der Waals surface area contributed by atoms with Gasteiger partial charge in [-0.25, -0.2) is 0 Å². The molecule has 1 aliphatic heterocycles. The van der Waals surface area contributed by atoms with Gasteiger partial charge in [-0.05, 0) is 93.9 Å². The van der Waals surface area contributed by atoms with Crippen molar-refractivity contribution in [2.45, 2.75) is 6.61 Å². The number of carbonyl (C=O) groups excluding carboxylic acids is 2. The van der Waals surface area contributed by atoms with Crippen LogP contribution in [0.2, 0.25) is 5.02 Å². The Morgan fingerprint density at radius 2 is 1.86 bits per heavy atom. The van der Waals surface area contributed by atoms with E-state index in [0.717, 1.165) is 32.4 Å². The zero-order chi connectivity index (χ0) is 24.9. The molecule has 0 bridgehead atoms. The molecule has 0 aromatic heterocycles. The van der Waals surface area contributed by atoms with E-state index in [0.29, 0.717) is 33.6 Å². The SMILES string of the molecule is COc1ccc(C(=O)NN2C(=O)/C(=C\c3ccc(OCc4ccc(Cl)cc4)c(Br)c3)SC2=S)cc1. The maximum absolute atomic E-state index is 12.9. The molecule has 0 aliphatic carbocycles. The minimum absolute atomic E-state index is 0.241. The van der Waals surface area contributed by atoms with Crippen molar-refractivity contribution in [1.29, 1.82) is 0 Å². The molecular formula is C25H18BrClN2O4S2. The predicted molar refractivity (Wildman–Crippen MR) is 145 cm³/mol. The molecule has 1 saturated heterocycles. The number of ether oxygens (including phenoxy) is 2. The Bertz CT molecular complexity index is 1310. The normalized spacial score (nSPS) is 14.4. The number of rotatable bonds is 7. The average molecular weight is 590 g/mol. The van der Waals surface area contributed by atoms with Crippen molar-refractivity contribution in [3.8, 4) is 11.5 Å². The van der Waals surface area contributed by atoms with E-state index in [1.165, 1.54) is 0 Å². The molecule has 178 valence electrons. The fourth-order valence-corrected chi connectivity index (χ4v) is 4.91. The lowest BCUT2D eigenvalue weighted by atomic mass is 10.2. The maximum atomic E-state index is 12.9. The van der Waals surface area contributed by atoms with Gasteiger partial charge in [0.15, 0.2) is 4.32 Å². The predicted octanol–water partition coefficient (Wildman–Crippen LogP) is 6.24. The highest BCUT2D eigenvalue weighted by molar-refractivity contribution is 9.10. The summed E-state index contributed by atoms with van der Waals surface area (Å²) in [6, 6.07) is 19.5. The molecule has 3 aromatic carbocycles. The molecular weight excluding hydrogens is 572 g/mol. The zero-order valence-electron chi connectivity index (χ0n) is 18.3. The topological polar surface area (TPSA) is 67.9 Å². The summed E-state index contributed by atoms with van der Waals surface area (Å²) in [5, 5.41) is 1.75. The third-order valence-corrected chi connectivity index (χ3v) is 7.09. The second kappa shape index (κ2) is 11.3. The molecule has 1 aliphatic rings. The Morgan fingerprint density at radius 1 is 1.14 bits per heavy atom. The van der Waals surface area contributed by atoms with Crippen LogP contribution in [0, 0.1) is 0 Å². The maximum Gasteiger partial charge on any atom is 0.285 e. The standard InChI is InChI=1S/C25H18BrClN2O4S2/c1-32-19-9-5-17(6-10-19)23(30)28-29-24(31)22(35-25(29)34)13-16-4-11-21(20(26)12-16)33-14-15-2-7-18(27)8-3-15/h2-13H,14H2,1H3,(H,28,30)/b22-13+. The van der Waals surface area contributed by atoms with Gasteiger partial charge in [0.05, 0.1) is 16.5 Å². The van der Waals surface area contributed by atoms with Gasteiger partial charge in [0, 0.05) is 10.6 Å². The summed E-state index contributed by atoms with van der Waals surface area (Å²) in [4.78, 5) is 25.8. The average Bonchev–Trinajstić information content (AvgIpc) is 3.11. The third-order valence-electron chi connectivity index (χ3n) is 4.92. The number of thiocarbonyl (C=S) groups is 1. The van der Waals surface area contributed by atoms with Crippen LogP contribution in [0.3, 0.4) is 0 Å². The molecule has 3 aromatic rings. The van der Waals surface area contributed by atoms with Crippen LogP contribution >= 0.6 is 51.5 Å². The molecule has 0 unspecified atom stereocenters. The molecule has 1 heterocycles. The Morgan fingerprint density at radius 3 is 2.51 bits per heavy atom. The summed E-state index contributed by atoms with van der Waals surface area (Å²) >= 11 is 15.9. The number of hydrogen-bond donors (Lipinski definition) is 1. The van der Waals surface area contributed by atoms with E-state index in [9.17, 15) is 9.59 Å². The number of halogens is 2. The van der Waals surface area contributed by atoms with Gasteiger partial charge < -0.3 is 9.47 Å². The second-order valence-electron chi connectivity index (χ2n) is 7.29. The highest BCUT2D eigenvalue weighted by atomic mass is 79.9. The first-order chi connectivity index (χ1) is 16.8. The van der Waals surface area contributed by atoms with E-state index in [-0.39, 0.29) is 4.32 Å². The van der Waals surface area contributed by atoms with Crippen molar-refractivity contribution in [3.05, 3.63) is 97.8 Å². The largest absolute Gasteiger partial charge is 0.497 e. The van der Waals surface area contributed by atoms with Gasteiger partial charge in [-0.2, -0.15) is 5.01 Å². The number of nitrogens with one attached hydrogen (secondary N) is 1. The van der Waals surface area contributed by atoms with Crippen LogP contribution in [0.15, 0.2) is 76.1 Å². The van der Waals surface area contributed by atoms with E-state index >= 15 is 0 Å². The Labute approximate surface area is 225 Å². The van der Waals surface area contributed by atoms with Crippen LogP contribution in [0.5, 0.6) is 11.5 Å². The summed E-state index contributed by atoms with van der Waals surface area (Å²) in [7, 11) is 1.54. The monoisotopic (exact) mass is 588 g/mol. The lowest BCUT2D eigenvalue weighted by Gasteiger charge is -2.15. The number of nitrogens with zero attached hydrogens (tertiary/aromatic N) is 1. The van der Waals surface area contributed by atoms with Crippen molar-refractivity contribution in [2.24, 2.45) is 0 Å². The number of methoxy groups -OCH3 is 1. The summed E-state index contributed by atoms with van der Waals surface area (Å²) in [5.41, 5.74) is 4.71. The summed E-state index contributed by atoms with van der Waals surface area (Å²) in [6.07, 6.45) is 1.71. The molecule has 4 rings (SSSR count). The molecule has 0 radical (unpaired) electrons. The fraction of sp³-hybridized carbons (Fsp3) is 0.0800. The van der Waals surface area contributed by atoms with Crippen molar-refractivity contribution in [3.63, 3.8) is 0 Å². The minimum Gasteiger partial charge on any atom is -0.497 e. The van der Waals surface area contributed by atoms with Crippen LogP contribution in [0.4, 0.5) is 0 Å². The van der Waals surface area contributed by atoms with Crippen LogP contribution in [0.25, 0.3) is 6.08 Å².